The van der Waals surface area contributed by atoms with E-state index in [1.54, 1.807) is 17.0 Å². The molecule has 0 unspecified atom stereocenters. The van der Waals surface area contributed by atoms with Gasteiger partial charge in [0.05, 0.1) is 19.8 Å². The largest absolute Gasteiger partial charge is 0.493 e. The zero-order chi connectivity index (χ0) is 15.4. The van der Waals surface area contributed by atoms with E-state index in [1.165, 1.54) is 14.2 Å². The number of nitrogen functional groups attached to an aromatic ring is 1. The minimum absolute atomic E-state index is 0.107. The van der Waals surface area contributed by atoms with E-state index in [0.717, 1.165) is 12.8 Å². The molecule has 0 spiro atoms. The maximum atomic E-state index is 12.6. The summed E-state index contributed by atoms with van der Waals surface area (Å²) in [6.45, 7) is 1.45. The molecule has 1 aliphatic heterocycles. The number of hydrogen-bond donors (Lipinski definition) is 2. The fourth-order valence-corrected chi connectivity index (χ4v) is 2.57. The Labute approximate surface area is 124 Å². The second-order valence-electron chi connectivity index (χ2n) is 5.21. The average molecular weight is 294 g/mol. The molecule has 1 aliphatic rings. The summed E-state index contributed by atoms with van der Waals surface area (Å²) >= 11 is 0. The number of aliphatic hydroxyl groups is 1. The summed E-state index contributed by atoms with van der Waals surface area (Å²) in [5, 5.41) is 9.15. The number of carbonyl (C=O) groups is 1. The Bertz CT molecular complexity index is 511. The van der Waals surface area contributed by atoms with Gasteiger partial charge in [-0.15, -0.1) is 0 Å². The molecule has 1 amide bonds. The van der Waals surface area contributed by atoms with Gasteiger partial charge in [-0.05, 0) is 24.8 Å². The number of nitrogens with zero attached hydrogens (tertiary/aromatic N) is 1. The topological polar surface area (TPSA) is 85.0 Å². The van der Waals surface area contributed by atoms with Crippen LogP contribution in [0.25, 0.3) is 0 Å². The molecule has 0 aliphatic carbocycles. The maximum Gasteiger partial charge on any atom is 0.256 e. The van der Waals surface area contributed by atoms with Gasteiger partial charge in [-0.1, -0.05) is 0 Å². The van der Waals surface area contributed by atoms with Gasteiger partial charge in [0, 0.05) is 31.5 Å². The number of amides is 1. The summed E-state index contributed by atoms with van der Waals surface area (Å²) in [5.74, 6) is 1.17. The van der Waals surface area contributed by atoms with Gasteiger partial charge in [0.15, 0.2) is 11.5 Å². The number of likely N-dealkylation sites (tertiary alicyclic amines) is 1. The highest BCUT2D eigenvalue weighted by Crippen LogP contribution is 2.33. The van der Waals surface area contributed by atoms with E-state index < -0.39 is 0 Å². The van der Waals surface area contributed by atoms with E-state index in [2.05, 4.69) is 0 Å². The lowest BCUT2D eigenvalue weighted by Gasteiger charge is -2.31. The molecular weight excluding hydrogens is 272 g/mol. The van der Waals surface area contributed by atoms with Gasteiger partial charge in [-0.2, -0.15) is 0 Å². The predicted molar refractivity (Wildman–Crippen MR) is 79.7 cm³/mol. The third-order valence-electron chi connectivity index (χ3n) is 3.95. The number of aliphatic hydroxyl groups excluding tert-OH is 1. The number of benzene rings is 1. The zero-order valence-electron chi connectivity index (χ0n) is 12.5. The lowest BCUT2D eigenvalue weighted by molar-refractivity contribution is 0.0651. The number of anilines is 1. The molecule has 0 radical (unpaired) electrons. The van der Waals surface area contributed by atoms with E-state index >= 15 is 0 Å². The molecule has 1 fully saturated rings. The first-order chi connectivity index (χ1) is 10.1. The van der Waals surface area contributed by atoms with Gasteiger partial charge in [0.25, 0.3) is 5.91 Å². The van der Waals surface area contributed by atoms with Crippen LogP contribution in [0.2, 0.25) is 0 Å². The molecule has 0 aromatic heterocycles. The van der Waals surface area contributed by atoms with Crippen LogP contribution in [-0.4, -0.2) is 49.8 Å². The standard InChI is InChI=1S/C15H22N2O4/c1-20-13-7-11(12(16)8-14(13)21-2)15(19)17-5-3-10(9-18)4-6-17/h7-8,10,18H,3-6,9,16H2,1-2H3. The van der Waals surface area contributed by atoms with E-state index in [1.807, 2.05) is 0 Å². The fourth-order valence-electron chi connectivity index (χ4n) is 2.57. The van der Waals surface area contributed by atoms with E-state index in [9.17, 15) is 4.79 Å². The third-order valence-corrected chi connectivity index (χ3v) is 3.95. The molecule has 1 aromatic rings. The molecule has 2 rings (SSSR count). The normalized spacial score (nSPS) is 15.9. The second kappa shape index (κ2) is 6.67. The third kappa shape index (κ3) is 3.21. The summed E-state index contributed by atoms with van der Waals surface area (Å²) in [6, 6.07) is 3.22. The molecular formula is C15H22N2O4. The van der Waals surface area contributed by atoms with Crippen molar-refractivity contribution in [3.05, 3.63) is 17.7 Å². The average Bonchev–Trinajstić information content (AvgIpc) is 2.54. The molecule has 3 N–H and O–H groups in total. The van der Waals surface area contributed by atoms with Crippen LogP contribution in [-0.2, 0) is 0 Å². The Morgan fingerprint density at radius 3 is 2.38 bits per heavy atom. The molecule has 116 valence electrons. The number of carbonyl (C=O) groups excluding carboxylic acids is 1. The van der Waals surface area contributed by atoms with Crippen LogP contribution in [0.3, 0.4) is 0 Å². The van der Waals surface area contributed by atoms with Crippen molar-refractivity contribution in [3.63, 3.8) is 0 Å². The van der Waals surface area contributed by atoms with E-state index in [-0.39, 0.29) is 18.4 Å². The first kappa shape index (κ1) is 15.4. The van der Waals surface area contributed by atoms with Crippen LogP contribution in [0, 0.1) is 5.92 Å². The number of nitrogens with two attached hydrogens (primary N) is 1. The quantitative estimate of drug-likeness (QED) is 0.813. The van der Waals surface area contributed by atoms with E-state index in [4.69, 9.17) is 20.3 Å². The minimum atomic E-state index is -0.107. The van der Waals surface area contributed by atoms with Crippen molar-refractivity contribution in [3.8, 4) is 11.5 Å². The lowest BCUT2D eigenvalue weighted by atomic mass is 9.97. The van der Waals surface area contributed by atoms with Crippen LogP contribution in [0.4, 0.5) is 5.69 Å². The Balaban J connectivity index is 2.19. The first-order valence-electron chi connectivity index (χ1n) is 7.02. The summed E-state index contributed by atoms with van der Waals surface area (Å²) in [7, 11) is 3.05. The van der Waals surface area contributed by atoms with Gasteiger partial charge >= 0.3 is 0 Å². The summed E-state index contributed by atoms with van der Waals surface area (Å²) in [6.07, 6.45) is 1.63. The number of hydrogen-bond acceptors (Lipinski definition) is 5. The highest BCUT2D eigenvalue weighted by atomic mass is 16.5. The summed E-state index contributed by atoms with van der Waals surface area (Å²) < 4.78 is 10.4. The van der Waals surface area contributed by atoms with Crippen LogP contribution in [0.15, 0.2) is 12.1 Å². The molecule has 0 saturated carbocycles. The highest BCUT2D eigenvalue weighted by molar-refractivity contribution is 6.00. The van der Waals surface area contributed by atoms with Crippen LogP contribution in [0.1, 0.15) is 23.2 Å². The van der Waals surface area contributed by atoms with E-state index in [0.29, 0.717) is 35.8 Å². The number of ether oxygens (including phenoxy) is 2. The number of piperidine rings is 1. The van der Waals surface area contributed by atoms with Gasteiger partial charge in [0.2, 0.25) is 0 Å². The lowest BCUT2D eigenvalue weighted by Crippen LogP contribution is -2.39. The SMILES string of the molecule is COc1cc(N)c(C(=O)N2CCC(CO)CC2)cc1OC. The minimum Gasteiger partial charge on any atom is -0.493 e. The molecule has 0 bridgehead atoms. The second-order valence-corrected chi connectivity index (χ2v) is 5.21. The van der Waals surface area contributed by atoms with Gasteiger partial charge in [-0.3, -0.25) is 4.79 Å². The molecule has 1 aromatic carbocycles. The first-order valence-corrected chi connectivity index (χ1v) is 7.02. The maximum absolute atomic E-state index is 12.6. The van der Waals surface area contributed by atoms with Crippen molar-refractivity contribution in [1.29, 1.82) is 0 Å². The smallest absolute Gasteiger partial charge is 0.256 e. The predicted octanol–water partition coefficient (Wildman–Crippen LogP) is 1.13. The van der Waals surface area contributed by atoms with Gasteiger partial charge < -0.3 is 25.2 Å². The van der Waals surface area contributed by atoms with Crippen molar-refractivity contribution in [2.45, 2.75) is 12.8 Å². The molecule has 6 nitrogen and oxygen atoms in total. The van der Waals surface area contributed by atoms with Crippen molar-refractivity contribution in [1.82, 2.24) is 4.90 Å². The Morgan fingerprint density at radius 2 is 1.86 bits per heavy atom. The van der Waals surface area contributed by atoms with Crippen LogP contribution >= 0.6 is 0 Å². The molecule has 1 saturated heterocycles. The van der Waals surface area contributed by atoms with Gasteiger partial charge in [-0.25, -0.2) is 0 Å². The number of methoxy groups -OCH3 is 2. The number of rotatable bonds is 4. The fraction of sp³-hybridized carbons (Fsp3) is 0.533. The van der Waals surface area contributed by atoms with Crippen LogP contribution in [0.5, 0.6) is 11.5 Å². The van der Waals surface area contributed by atoms with Crippen molar-refractivity contribution >= 4 is 11.6 Å². The van der Waals surface area contributed by atoms with Crippen molar-refractivity contribution in [2.24, 2.45) is 5.92 Å². The zero-order valence-corrected chi connectivity index (χ0v) is 12.5. The Kier molecular flexibility index (Phi) is 4.90. The highest BCUT2D eigenvalue weighted by Gasteiger charge is 2.25. The molecule has 6 heteroatoms. The van der Waals surface area contributed by atoms with Gasteiger partial charge in [0.1, 0.15) is 0 Å². The molecule has 21 heavy (non-hydrogen) atoms. The van der Waals surface area contributed by atoms with Crippen molar-refractivity contribution < 1.29 is 19.4 Å². The molecule has 1 heterocycles. The Hall–Kier alpha value is -1.95. The Morgan fingerprint density at radius 1 is 1.29 bits per heavy atom. The molecule has 0 atom stereocenters. The monoisotopic (exact) mass is 294 g/mol. The van der Waals surface area contributed by atoms with Crippen LogP contribution < -0.4 is 15.2 Å². The summed E-state index contributed by atoms with van der Waals surface area (Å²) in [4.78, 5) is 14.3. The summed E-state index contributed by atoms with van der Waals surface area (Å²) in [5.41, 5.74) is 6.76. The van der Waals surface area contributed by atoms with Crippen molar-refractivity contribution in [2.75, 3.05) is 39.6 Å².